The first-order valence-electron chi connectivity index (χ1n) is 6.07. The molecule has 1 rings (SSSR count). The van der Waals surface area contributed by atoms with E-state index >= 15 is 0 Å². The van der Waals surface area contributed by atoms with Crippen molar-refractivity contribution in [3.05, 3.63) is 28.8 Å². The molecule has 0 fully saturated rings. The van der Waals surface area contributed by atoms with Crippen LogP contribution in [0.1, 0.15) is 37.0 Å². The number of nitrogens with one attached hydrogen (secondary N) is 1. The third-order valence-electron chi connectivity index (χ3n) is 3.40. The minimum absolute atomic E-state index is 0.125. The Labute approximate surface area is 103 Å². The van der Waals surface area contributed by atoms with Crippen molar-refractivity contribution in [2.45, 2.75) is 46.2 Å². The van der Waals surface area contributed by atoms with Crippen molar-refractivity contribution >= 4 is 0 Å². The van der Waals surface area contributed by atoms with Gasteiger partial charge in [0.25, 0.3) is 0 Å². The number of hydrogen-bond donors (Lipinski definition) is 3. The summed E-state index contributed by atoms with van der Waals surface area (Å²) < 4.78 is 0. The van der Waals surface area contributed by atoms with Gasteiger partial charge in [0, 0.05) is 12.1 Å². The number of aliphatic hydroxyl groups excluding tert-OH is 1. The Morgan fingerprint density at radius 1 is 1.24 bits per heavy atom. The van der Waals surface area contributed by atoms with Gasteiger partial charge in [0.05, 0.1) is 6.61 Å². The van der Waals surface area contributed by atoms with Crippen molar-refractivity contribution in [1.29, 1.82) is 0 Å². The Morgan fingerprint density at radius 3 is 2.18 bits per heavy atom. The number of phenols is 1. The van der Waals surface area contributed by atoms with Gasteiger partial charge in [-0.05, 0) is 43.9 Å². The third kappa shape index (κ3) is 3.45. The summed E-state index contributed by atoms with van der Waals surface area (Å²) in [5.74, 6) is 0.370. The second-order valence-corrected chi connectivity index (χ2v) is 5.00. The van der Waals surface area contributed by atoms with E-state index in [1.807, 2.05) is 32.9 Å². The number of aliphatic hydroxyl groups is 1. The fourth-order valence-corrected chi connectivity index (χ4v) is 1.76. The lowest BCUT2D eigenvalue weighted by Gasteiger charge is -2.27. The standard InChI is InChI=1S/C14H23NO2/c1-5-14(4,9-16)15-8-12-6-10(2)13(17)11(3)7-12/h6-7,15-17H,5,8-9H2,1-4H3. The van der Waals surface area contributed by atoms with Crippen molar-refractivity contribution in [3.8, 4) is 5.75 Å². The van der Waals surface area contributed by atoms with Crippen LogP contribution in [0.5, 0.6) is 5.75 Å². The number of benzene rings is 1. The first-order valence-corrected chi connectivity index (χ1v) is 6.07. The number of phenolic OH excluding ortho intramolecular Hbond substituents is 1. The maximum Gasteiger partial charge on any atom is 0.121 e. The highest BCUT2D eigenvalue weighted by molar-refractivity contribution is 5.42. The Morgan fingerprint density at radius 2 is 1.76 bits per heavy atom. The molecule has 0 amide bonds. The van der Waals surface area contributed by atoms with Crippen LogP contribution in [0.15, 0.2) is 12.1 Å². The van der Waals surface area contributed by atoms with E-state index < -0.39 is 0 Å². The number of rotatable bonds is 5. The molecule has 0 bridgehead atoms. The molecule has 1 aromatic carbocycles. The molecular formula is C14H23NO2. The van der Waals surface area contributed by atoms with Crippen LogP contribution in [0.25, 0.3) is 0 Å². The second-order valence-electron chi connectivity index (χ2n) is 5.00. The fraction of sp³-hybridized carbons (Fsp3) is 0.571. The van der Waals surface area contributed by atoms with Gasteiger partial charge >= 0.3 is 0 Å². The van der Waals surface area contributed by atoms with E-state index in [9.17, 15) is 10.2 Å². The molecule has 0 heterocycles. The van der Waals surface area contributed by atoms with Gasteiger partial charge < -0.3 is 15.5 Å². The maximum absolute atomic E-state index is 9.69. The molecule has 1 unspecified atom stereocenters. The van der Waals surface area contributed by atoms with Crippen LogP contribution in [-0.2, 0) is 6.54 Å². The number of hydrogen-bond acceptors (Lipinski definition) is 3. The summed E-state index contributed by atoms with van der Waals surface area (Å²) in [4.78, 5) is 0. The predicted octanol–water partition coefficient (Wildman–Crippen LogP) is 2.26. The normalized spacial score (nSPS) is 14.6. The summed E-state index contributed by atoms with van der Waals surface area (Å²) >= 11 is 0. The van der Waals surface area contributed by atoms with E-state index in [4.69, 9.17) is 0 Å². The van der Waals surface area contributed by atoms with E-state index in [0.29, 0.717) is 12.3 Å². The zero-order valence-corrected chi connectivity index (χ0v) is 11.2. The van der Waals surface area contributed by atoms with E-state index in [0.717, 1.165) is 23.1 Å². The zero-order chi connectivity index (χ0) is 13.1. The minimum Gasteiger partial charge on any atom is -0.507 e. The van der Waals surface area contributed by atoms with Crippen molar-refractivity contribution in [3.63, 3.8) is 0 Å². The molecule has 0 aromatic heterocycles. The molecule has 96 valence electrons. The van der Waals surface area contributed by atoms with Crippen LogP contribution < -0.4 is 5.32 Å². The van der Waals surface area contributed by atoms with Crippen molar-refractivity contribution in [2.24, 2.45) is 0 Å². The number of aromatic hydroxyl groups is 1. The van der Waals surface area contributed by atoms with Crippen LogP contribution in [0, 0.1) is 13.8 Å². The summed E-state index contributed by atoms with van der Waals surface area (Å²) in [6.07, 6.45) is 0.875. The SMILES string of the molecule is CCC(C)(CO)NCc1cc(C)c(O)c(C)c1. The van der Waals surface area contributed by atoms with Gasteiger partial charge in [0.1, 0.15) is 5.75 Å². The van der Waals surface area contributed by atoms with Crippen LogP contribution in [0.3, 0.4) is 0 Å². The van der Waals surface area contributed by atoms with E-state index in [1.54, 1.807) is 0 Å². The van der Waals surface area contributed by atoms with Gasteiger partial charge in [-0.3, -0.25) is 0 Å². The minimum atomic E-state index is -0.236. The van der Waals surface area contributed by atoms with Gasteiger partial charge in [-0.15, -0.1) is 0 Å². The summed E-state index contributed by atoms with van der Waals surface area (Å²) in [7, 11) is 0. The van der Waals surface area contributed by atoms with Gasteiger partial charge in [-0.1, -0.05) is 19.1 Å². The first kappa shape index (κ1) is 14.0. The molecule has 3 heteroatoms. The molecule has 0 radical (unpaired) electrons. The quantitative estimate of drug-likeness (QED) is 0.736. The van der Waals surface area contributed by atoms with E-state index in [2.05, 4.69) is 12.2 Å². The molecule has 0 spiro atoms. The highest BCUT2D eigenvalue weighted by Crippen LogP contribution is 2.23. The predicted molar refractivity (Wildman–Crippen MR) is 70.2 cm³/mol. The van der Waals surface area contributed by atoms with E-state index in [-0.39, 0.29) is 12.1 Å². The van der Waals surface area contributed by atoms with Crippen LogP contribution in [0.2, 0.25) is 0 Å². The van der Waals surface area contributed by atoms with Crippen molar-refractivity contribution in [1.82, 2.24) is 5.32 Å². The van der Waals surface area contributed by atoms with Gasteiger partial charge in [-0.2, -0.15) is 0 Å². The Hall–Kier alpha value is -1.06. The van der Waals surface area contributed by atoms with Crippen molar-refractivity contribution in [2.75, 3.05) is 6.61 Å². The van der Waals surface area contributed by atoms with Gasteiger partial charge in [0.2, 0.25) is 0 Å². The molecule has 1 atom stereocenters. The van der Waals surface area contributed by atoms with Gasteiger partial charge in [-0.25, -0.2) is 0 Å². The molecule has 0 aliphatic heterocycles. The molecule has 3 N–H and O–H groups in total. The van der Waals surface area contributed by atoms with Crippen LogP contribution in [0.4, 0.5) is 0 Å². The molecule has 3 nitrogen and oxygen atoms in total. The summed E-state index contributed by atoms with van der Waals surface area (Å²) in [5.41, 5.74) is 2.68. The largest absolute Gasteiger partial charge is 0.507 e. The lowest BCUT2D eigenvalue weighted by atomic mass is 9.99. The molecule has 0 saturated carbocycles. The molecule has 17 heavy (non-hydrogen) atoms. The highest BCUT2D eigenvalue weighted by Gasteiger charge is 2.19. The first-order chi connectivity index (χ1) is 7.91. The number of aryl methyl sites for hydroxylation is 2. The molecular weight excluding hydrogens is 214 g/mol. The Bertz CT molecular complexity index is 361. The summed E-state index contributed by atoms with van der Waals surface area (Å²) in [6, 6.07) is 3.95. The van der Waals surface area contributed by atoms with Crippen LogP contribution >= 0.6 is 0 Å². The molecule has 0 aliphatic carbocycles. The third-order valence-corrected chi connectivity index (χ3v) is 3.40. The monoisotopic (exact) mass is 237 g/mol. The van der Waals surface area contributed by atoms with Gasteiger partial charge in [0.15, 0.2) is 0 Å². The summed E-state index contributed by atoms with van der Waals surface area (Å²) in [6.45, 7) is 8.68. The average molecular weight is 237 g/mol. The zero-order valence-electron chi connectivity index (χ0n) is 11.2. The average Bonchev–Trinajstić information content (AvgIpc) is 2.32. The topological polar surface area (TPSA) is 52.5 Å². The second kappa shape index (κ2) is 5.52. The fourth-order valence-electron chi connectivity index (χ4n) is 1.76. The van der Waals surface area contributed by atoms with E-state index in [1.165, 1.54) is 0 Å². The Kier molecular flexibility index (Phi) is 4.54. The molecule has 0 aliphatic rings. The molecule has 1 aromatic rings. The Balaban J connectivity index is 2.76. The highest BCUT2D eigenvalue weighted by atomic mass is 16.3. The lowest BCUT2D eigenvalue weighted by molar-refractivity contribution is 0.169. The lowest BCUT2D eigenvalue weighted by Crippen LogP contribution is -2.44. The van der Waals surface area contributed by atoms with Crippen LogP contribution in [-0.4, -0.2) is 22.4 Å². The maximum atomic E-state index is 9.69. The smallest absolute Gasteiger partial charge is 0.121 e. The van der Waals surface area contributed by atoms with Crippen molar-refractivity contribution < 1.29 is 10.2 Å². The molecule has 0 saturated heterocycles. The summed E-state index contributed by atoms with van der Waals surface area (Å²) in [5, 5.41) is 22.4.